The molecule has 4 nitrogen and oxygen atoms in total. The second-order valence-corrected chi connectivity index (χ2v) is 7.47. The van der Waals surface area contributed by atoms with Gasteiger partial charge in [0.05, 0.1) is 10.9 Å². The summed E-state index contributed by atoms with van der Waals surface area (Å²) in [6.45, 7) is 2.29. The fourth-order valence-corrected chi connectivity index (χ4v) is 4.62. The Balaban J connectivity index is 1.52. The number of amides is 1. The molecule has 1 aliphatic carbocycles. The zero-order valence-electron chi connectivity index (χ0n) is 11.4. The van der Waals surface area contributed by atoms with Crippen LogP contribution in [0.1, 0.15) is 35.7 Å². The number of primary amides is 1. The molecular weight excluding hydrogens is 294 g/mol. The second-order valence-electron chi connectivity index (χ2n) is 5.70. The van der Waals surface area contributed by atoms with Gasteiger partial charge in [0.2, 0.25) is 5.91 Å². The third-order valence-corrected chi connectivity index (χ3v) is 5.59. The molecule has 0 radical (unpaired) electrons. The van der Waals surface area contributed by atoms with Gasteiger partial charge in [-0.25, -0.2) is 0 Å². The Morgan fingerprint density at radius 2 is 2.20 bits per heavy atom. The van der Waals surface area contributed by atoms with Crippen molar-refractivity contribution >= 4 is 28.8 Å². The van der Waals surface area contributed by atoms with Crippen molar-refractivity contribution in [1.82, 2.24) is 10.2 Å². The van der Waals surface area contributed by atoms with Gasteiger partial charge in [0.25, 0.3) is 0 Å². The topological polar surface area (TPSA) is 58.4 Å². The Hall–Kier alpha value is -0.620. The van der Waals surface area contributed by atoms with Crippen LogP contribution in [0.3, 0.4) is 0 Å². The van der Waals surface area contributed by atoms with Gasteiger partial charge in [0.1, 0.15) is 0 Å². The van der Waals surface area contributed by atoms with Crippen LogP contribution < -0.4 is 11.1 Å². The lowest BCUT2D eigenvalue weighted by molar-refractivity contribution is -0.119. The summed E-state index contributed by atoms with van der Waals surface area (Å²) < 4.78 is 0.901. The van der Waals surface area contributed by atoms with E-state index >= 15 is 0 Å². The van der Waals surface area contributed by atoms with Gasteiger partial charge in [0.15, 0.2) is 0 Å². The molecule has 0 saturated carbocycles. The molecule has 1 fully saturated rings. The first-order valence-electron chi connectivity index (χ1n) is 7.16. The molecule has 0 bridgehead atoms. The number of carbonyl (C=O) groups excluding carboxylic acids is 1. The van der Waals surface area contributed by atoms with Crippen LogP contribution >= 0.6 is 22.9 Å². The van der Waals surface area contributed by atoms with E-state index in [1.807, 2.05) is 0 Å². The Kier molecular flexibility index (Phi) is 4.31. The van der Waals surface area contributed by atoms with Crippen LogP contribution in [0.2, 0.25) is 4.34 Å². The second kappa shape index (κ2) is 6.02. The van der Waals surface area contributed by atoms with E-state index in [0.29, 0.717) is 18.6 Å². The molecular formula is C14H20ClN3OS. The normalized spacial score (nSPS) is 23.9. The number of halogens is 1. The van der Waals surface area contributed by atoms with Crippen LogP contribution in [-0.2, 0) is 11.2 Å². The number of piperidine rings is 1. The first kappa shape index (κ1) is 14.3. The number of aryl methyl sites for hydroxylation is 1. The largest absolute Gasteiger partial charge is 0.369 e. The molecule has 1 aromatic heterocycles. The maximum atomic E-state index is 10.9. The van der Waals surface area contributed by atoms with E-state index in [2.05, 4.69) is 16.3 Å². The van der Waals surface area contributed by atoms with Gasteiger partial charge in [-0.2, -0.15) is 0 Å². The first-order valence-corrected chi connectivity index (χ1v) is 8.36. The van der Waals surface area contributed by atoms with Gasteiger partial charge >= 0.3 is 0 Å². The summed E-state index contributed by atoms with van der Waals surface area (Å²) in [6.07, 6.45) is 4.48. The molecule has 1 unspecified atom stereocenters. The smallest absolute Gasteiger partial charge is 0.231 e. The molecule has 6 heteroatoms. The van der Waals surface area contributed by atoms with Crippen LogP contribution in [-0.4, -0.2) is 36.5 Å². The summed E-state index contributed by atoms with van der Waals surface area (Å²) in [5.74, 6) is -0.232. The monoisotopic (exact) mass is 313 g/mol. The first-order chi connectivity index (χ1) is 9.61. The highest BCUT2D eigenvalue weighted by Gasteiger charge is 2.28. The molecule has 0 aromatic carbocycles. The summed E-state index contributed by atoms with van der Waals surface area (Å²) in [5, 5.41) is 3.77. The van der Waals surface area contributed by atoms with Crippen molar-refractivity contribution in [3.8, 4) is 0 Å². The molecule has 110 valence electrons. The van der Waals surface area contributed by atoms with E-state index in [1.165, 1.54) is 16.9 Å². The maximum Gasteiger partial charge on any atom is 0.231 e. The van der Waals surface area contributed by atoms with Crippen molar-refractivity contribution in [2.45, 2.75) is 37.8 Å². The minimum absolute atomic E-state index is 0.232. The van der Waals surface area contributed by atoms with Crippen LogP contribution in [0, 0.1) is 0 Å². The Morgan fingerprint density at radius 1 is 1.45 bits per heavy atom. The highest BCUT2D eigenvalue weighted by Crippen LogP contribution is 2.39. The Labute approximate surface area is 128 Å². The van der Waals surface area contributed by atoms with Crippen LogP contribution in [0.4, 0.5) is 0 Å². The van der Waals surface area contributed by atoms with Crippen molar-refractivity contribution in [2.75, 3.05) is 19.6 Å². The molecule has 2 heterocycles. The molecule has 0 spiro atoms. The summed E-state index contributed by atoms with van der Waals surface area (Å²) in [5.41, 5.74) is 6.64. The molecule has 1 aliphatic heterocycles. The van der Waals surface area contributed by atoms with E-state index in [1.54, 1.807) is 11.3 Å². The van der Waals surface area contributed by atoms with Gasteiger partial charge in [-0.05, 0) is 37.3 Å². The van der Waals surface area contributed by atoms with Crippen molar-refractivity contribution in [1.29, 1.82) is 0 Å². The van der Waals surface area contributed by atoms with E-state index in [-0.39, 0.29) is 5.91 Å². The third kappa shape index (κ3) is 3.17. The molecule has 3 rings (SSSR count). The average Bonchev–Trinajstić information content (AvgIpc) is 2.92. The van der Waals surface area contributed by atoms with Gasteiger partial charge in [-0.1, -0.05) is 11.6 Å². The van der Waals surface area contributed by atoms with Crippen molar-refractivity contribution in [3.05, 3.63) is 20.8 Å². The minimum atomic E-state index is -0.232. The summed E-state index contributed by atoms with van der Waals surface area (Å²) >= 11 is 7.81. The SMILES string of the molecule is NC(=O)CN1CCC(NC2CCc3sc(Cl)cc32)CC1. The van der Waals surface area contributed by atoms with E-state index < -0.39 is 0 Å². The Bertz CT molecular complexity index is 497. The number of fused-ring (bicyclic) bond motifs is 1. The lowest BCUT2D eigenvalue weighted by Crippen LogP contribution is -2.45. The fourth-order valence-electron chi connectivity index (χ4n) is 3.27. The molecule has 3 N–H and O–H groups in total. The molecule has 1 atom stereocenters. The quantitative estimate of drug-likeness (QED) is 0.893. The zero-order valence-corrected chi connectivity index (χ0v) is 13.0. The maximum absolute atomic E-state index is 10.9. The number of likely N-dealkylation sites (tertiary alicyclic amines) is 1. The fraction of sp³-hybridized carbons (Fsp3) is 0.643. The number of rotatable bonds is 4. The average molecular weight is 314 g/mol. The highest BCUT2D eigenvalue weighted by atomic mass is 35.5. The number of thiophene rings is 1. The lowest BCUT2D eigenvalue weighted by Gasteiger charge is -2.33. The predicted octanol–water partition coefficient (Wildman–Crippen LogP) is 1.93. The number of carbonyl (C=O) groups is 1. The zero-order chi connectivity index (χ0) is 14.1. The standard InChI is InChI=1S/C14H20ClN3OS/c15-13-7-10-11(1-2-12(10)20-13)17-9-3-5-18(6-4-9)8-14(16)19/h7,9,11,17H,1-6,8H2,(H2,16,19). The Morgan fingerprint density at radius 3 is 2.90 bits per heavy atom. The van der Waals surface area contributed by atoms with Crippen LogP contribution in [0.25, 0.3) is 0 Å². The van der Waals surface area contributed by atoms with E-state index in [4.69, 9.17) is 17.3 Å². The predicted molar refractivity (Wildman–Crippen MR) is 82.2 cm³/mol. The number of hydrogen-bond acceptors (Lipinski definition) is 4. The minimum Gasteiger partial charge on any atom is -0.369 e. The molecule has 1 aromatic rings. The van der Waals surface area contributed by atoms with Crippen LogP contribution in [0.15, 0.2) is 6.07 Å². The van der Waals surface area contributed by atoms with E-state index in [0.717, 1.165) is 36.7 Å². The van der Waals surface area contributed by atoms with Gasteiger partial charge in [-0.3, -0.25) is 9.69 Å². The van der Waals surface area contributed by atoms with Crippen LogP contribution in [0.5, 0.6) is 0 Å². The van der Waals surface area contributed by atoms with Crippen molar-refractivity contribution in [2.24, 2.45) is 5.73 Å². The van der Waals surface area contributed by atoms with E-state index in [9.17, 15) is 4.79 Å². The highest BCUT2D eigenvalue weighted by molar-refractivity contribution is 7.16. The third-order valence-electron chi connectivity index (χ3n) is 4.25. The summed E-state index contributed by atoms with van der Waals surface area (Å²) in [4.78, 5) is 14.5. The summed E-state index contributed by atoms with van der Waals surface area (Å²) in [6, 6.07) is 3.12. The van der Waals surface area contributed by atoms with Gasteiger partial charge in [-0.15, -0.1) is 11.3 Å². The van der Waals surface area contributed by atoms with Crippen molar-refractivity contribution in [3.63, 3.8) is 0 Å². The molecule has 1 amide bonds. The lowest BCUT2D eigenvalue weighted by atomic mass is 10.0. The van der Waals surface area contributed by atoms with Gasteiger partial charge in [0, 0.05) is 30.1 Å². The number of hydrogen-bond donors (Lipinski definition) is 2. The number of nitrogens with one attached hydrogen (secondary N) is 1. The molecule has 1 saturated heterocycles. The van der Waals surface area contributed by atoms with Crippen molar-refractivity contribution < 1.29 is 4.79 Å². The summed E-state index contributed by atoms with van der Waals surface area (Å²) in [7, 11) is 0. The molecule has 2 aliphatic rings. The van der Waals surface area contributed by atoms with Gasteiger partial charge < -0.3 is 11.1 Å². The molecule has 20 heavy (non-hydrogen) atoms. The number of nitrogens with zero attached hydrogens (tertiary/aromatic N) is 1. The number of nitrogens with two attached hydrogens (primary N) is 1.